The second-order valence-electron chi connectivity index (χ2n) is 4.43. The summed E-state index contributed by atoms with van der Waals surface area (Å²) in [4.78, 5) is 4.55. The van der Waals surface area contributed by atoms with Gasteiger partial charge in [0.15, 0.2) is 0 Å². The zero-order valence-electron chi connectivity index (χ0n) is 11.0. The van der Waals surface area contributed by atoms with Crippen molar-refractivity contribution in [2.24, 2.45) is 0 Å². The van der Waals surface area contributed by atoms with E-state index in [0.717, 1.165) is 26.3 Å². The Morgan fingerprint density at radius 1 is 1.00 bits per heavy atom. The van der Waals surface area contributed by atoms with Gasteiger partial charge in [0.2, 0.25) is 0 Å². The van der Waals surface area contributed by atoms with Gasteiger partial charge in [0, 0.05) is 15.4 Å². The molecule has 1 aromatic heterocycles. The number of benzene rings is 2. The maximum Gasteiger partial charge on any atom is 0.123 e. The van der Waals surface area contributed by atoms with Crippen LogP contribution in [0.25, 0.3) is 23.4 Å². The Kier molecular flexibility index (Phi) is 4.27. The van der Waals surface area contributed by atoms with E-state index in [9.17, 15) is 4.39 Å². The molecule has 3 aromatic rings. The summed E-state index contributed by atoms with van der Waals surface area (Å²) >= 11 is 5.08. The van der Waals surface area contributed by atoms with Gasteiger partial charge in [0.25, 0.3) is 0 Å². The Balaban J connectivity index is 1.82. The Morgan fingerprint density at radius 3 is 2.52 bits per heavy atom. The quantitative estimate of drug-likeness (QED) is 0.568. The summed E-state index contributed by atoms with van der Waals surface area (Å²) in [5.41, 5.74) is 2.90. The van der Waals surface area contributed by atoms with E-state index in [-0.39, 0.29) is 5.82 Å². The van der Waals surface area contributed by atoms with Crippen LogP contribution >= 0.6 is 27.3 Å². The van der Waals surface area contributed by atoms with Crippen molar-refractivity contribution >= 4 is 39.4 Å². The first-order valence-corrected chi connectivity index (χ1v) is 8.04. The summed E-state index contributed by atoms with van der Waals surface area (Å²) in [6.07, 6.45) is 4.01. The van der Waals surface area contributed by atoms with Crippen molar-refractivity contribution in [3.8, 4) is 11.3 Å². The van der Waals surface area contributed by atoms with Crippen molar-refractivity contribution in [2.75, 3.05) is 0 Å². The molecule has 0 saturated carbocycles. The lowest BCUT2D eigenvalue weighted by Crippen LogP contribution is -1.79. The van der Waals surface area contributed by atoms with Crippen LogP contribution in [0.15, 0.2) is 58.4 Å². The van der Waals surface area contributed by atoms with Crippen LogP contribution in [-0.2, 0) is 0 Å². The van der Waals surface area contributed by atoms with Gasteiger partial charge in [-0.1, -0.05) is 40.2 Å². The van der Waals surface area contributed by atoms with Crippen molar-refractivity contribution in [1.82, 2.24) is 4.98 Å². The average Bonchev–Trinajstić information content (AvgIpc) is 2.96. The van der Waals surface area contributed by atoms with E-state index in [4.69, 9.17) is 0 Å². The van der Waals surface area contributed by atoms with Gasteiger partial charge < -0.3 is 0 Å². The number of aromatic nitrogens is 1. The Morgan fingerprint density at radius 2 is 1.76 bits per heavy atom. The highest BCUT2D eigenvalue weighted by atomic mass is 79.9. The number of halogens is 2. The van der Waals surface area contributed by atoms with Crippen LogP contribution < -0.4 is 0 Å². The zero-order chi connectivity index (χ0) is 14.7. The molecule has 0 aliphatic rings. The van der Waals surface area contributed by atoms with E-state index in [1.165, 1.54) is 12.1 Å². The summed E-state index contributed by atoms with van der Waals surface area (Å²) in [6, 6.07) is 14.4. The molecule has 2 aromatic carbocycles. The van der Waals surface area contributed by atoms with Crippen LogP contribution in [0, 0.1) is 5.82 Å². The van der Waals surface area contributed by atoms with E-state index in [2.05, 4.69) is 20.9 Å². The summed E-state index contributed by atoms with van der Waals surface area (Å²) in [6.45, 7) is 0. The molecule has 4 heteroatoms. The summed E-state index contributed by atoms with van der Waals surface area (Å²) < 4.78 is 14.0. The van der Waals surface area contributed by atoms with Crippen LogP contribution in [0.1, 0.15) is 10.6 Å². The molecular weight excluding hydrogens is 349 g/mol. The molecule has 0 spiro atoms. The number of hydrogen-bond acceptors (Lipinski definition) is 2. The van der Waals surface area contributed by atoms with Gasteiger partial charge in [0.05, 0.1) is 5.69 Å². The lowest BCUT2D eigenvalue weighted by molar-refractivity contribution is 0.628. The second kappa shape index (κ2) is 6.33. The van der Waals surface area contributed by atoms with Gasteiger partial charge in [0.1, 0.15) is 10.8 Å². The van der Waals surface area contributed by atoms with Crippen LogP contribution in [-0.4, -0.2) is 4.98 Å². The van der Waals surface area contributed by atoms with E-state index in [1.54, 1.807) is 23.5 Å². The van der Waals surface area contributed by atoms with Crippen molar-refractivity contribution in [3.05, 3.63) is 74.8 Å². The molecule has 3 rings (SSSR count). The fourth-order valence-corrected chi connectivity index (χ4v) is 3.02. The third-order valence-corrected chi connectivity index (χ3v) is 4.50. The number of nitrogens with zero attached hydrogens (tertiary/aromatic N) is 1. The molecule has 0 saturated heterocycles. The highest BCUT2D eigenvalue weighted by Crippen LogP contribution is 2.24. The lowest BCUT2D eigenvalue weighted by atomic mass is 10.2. The number of rotatable bonds is 3. The molecule has 0 fully saturated rings. The molecule has 21 heavy (non-hydrogen) atoms. The molecule has 104 valence electrons. The summed E-state index contributed by atoms with van der Waals surface area (Å²) in [5.74, 6) is -0.233. The molecule has 0 N–H and O–H groups in total. The fraction of sp³-hybridized carbons (Fsp3) is 0. The highest BCUT2D eigenvalue weighted by molar-refractivity contribution is 9.10. The molecular formula is C17H11BrFNS. The molecule has 0 aliphatic heterocycles. The fourth-order valence-electron chi connectivity index (χ4n) is 1.89. The number of thiazole rings is 1. The maximum absolute atomic E-state index is 12.9. The SMILES string of the molecule is Fc1ccc(-c2csc(C=Cc3ccccc3Br)n2)cc1. The van der Waals surface area contributed by atoms with Crippen molar-refractivity contribution in [1.29, 1.82) is 0 Å². The minimum Gasteiger partial charge on any atom is -0.237 e. The molecule has 1 heterocycles. The monoisotopic (exact) mass is 359 g/mol. The largest absolute Gasteiger partial charge is 0.237 e. The van der Waals surface area contributed by atoms with Crippen molar-refractivity contribution < 1.29 is 4.39 Å². The predicted molar refractivity (Wildman–Crippen MR) is 90.6 cm³/mol. The first kappa shape index (κ1) is 14.2. The first-order valence-electron chi connectivity index (χ1n) is 6.36. The molecule has 0 bridgehead atoms. The van der Waals surface area contributed by atoms with Gasteiger partial charge in [-0.15, -0.1) is 11.3 Å². The smallest absolute Gasteiger partial charge is 0.123 e. The minimum atomic E-state index is -0.233. The minimum absolute atomic E-state index is 0.233. The standard InChI is InChI=1S/C17H11BrFNS/c18-15-4-2-1-3-12(15)7-10-17-20-16(11-21-17)13-5-8-14(19)9-6-13/h1-11H. The van der Waals surface area contributed by atoms with E-state index in [0.29, 0.717) is 0 Å². The highest BCUT2D eigenvalue weighted by Gasteiger charge is 2.03. The van der Waals surface area contributed by atoms with E-state index >= 15 is 0 Å². The maximum atomic E-state index is 12.9. The van der Waals surface area contributed by atoms with E-state index in [1.807, 2.05) is 41.8 Å². The molecule has 0 radical (unpaired) electrons. The Labute approximate surface area is 134 Å². The third kappa shape index (κ3) is 3.46. The third-order valence-electron chi connectivity index (χ3n) is 2.97. The van der Waals surface area contributed by atoms with Crippen molar-refractivity contribution in [2.45, 2.75) is 0 Å². The predicted octanol–water partition coefficient (Wildman–Crippen LogP) is 5.88. The Hall–Kier alpha value is -1.78. The van der Waals surface area contributed by atoms with E-state index < -0.39 is 0 Å². The lowest BCUT2D eigenvalue weighted by Gasteiger charge is -1.96. The van der Waals surface area contributed by atoms with Crippen LogP contribution in [0.2, 0.25) is 0 Å². The molecule has 1 nitrogen and oxygen atoms in total. The van der Waals surface area contributed by atoms with Crippen molar-refractivity contribution in [3.63, 3.8) is 0 Å². The average molecular weight is 360 g/mol. The summed E-state index contributed by atoms with van der Waals surface area (Å²) in [5, 5.41) is 2.90. The van der Waals surface area contributed by atoms with Gasteiger partial charge in [-0.3, -0.25) is 0 Å². The van der Waals surface area contributed by atoms with Gasteiger partial charge in [-0.05, 0) is 42.0 Å². The molecule has 0 atom stereocenters. The molecule has 0 aliphatic carbocycles. The van der Waals surface area contributed by atoms with Crippen LogP contribution in [0.4, 0.5) is 4.39 Å². The Bertz CT molecular complexity index is 777. The normalized spacial score (nSPS) is 11.1. The van der Waals surface area contributed by atoms with Gasteiger partial charge in [-0.25, -0.2) is 9.37 Å². The van der Waals surface area contributed by atoms with Gasteiger partial charge in [-0.2, -0.15) is 0 Å². The molecule has 0 amide bonds. The van der Waals surface area contributed by atoms with Gasteiger partial charge >= 0.3 is 0 Å². The second-order valence-corrected chi connectivity index (χ2v) is 6.18. The summed E-state index contributed by atoms with van der Waals surface area (Å²) in [7, 11) is 0. The zero-order valence-corrected chi connectivity index (χ0v) is 13.4. The molecule has 0 unspecified atom stereocenters. The van der Waals surface area contributed by atoms with Crippen LogP contribution in [0.5, 0.6) is 0 Å². The van der Waals surface area contributed by atoms with Crippen LogP contribution in [0.3, 0.4) is 0 Å². The topological polar surface area (TPSA) is 12.9 Å². The first-order chi connectivity index (χ1) is 10.2. The number of hydrogen-bond donors (Lipinski definition) is 0.